The van der Waals surface area contributed by atoms with Crippen LogP contribution in [-0.2, 0) is 20.9 Å². The summed E-state index contributed by atoms with van der Waals surface area (Å²) in [6.07, 6.45) is 1.59. The summed E-state index contributed by atoms with van der Waals surface area (Å²) in [6.45, 7) is 0.131. The third-order valence-corrected chi connectivity index (χ3v) is 2.94. The van der Waals surface area contributed by atoms with E-state index in [9.17, 15) is 14.4 Å². The van der Waals surface area contributed by atoms with Gasteiger partial charge in [0.05, 0.1) is 30.6 Å². The number of rotatable bonds is 4. The molecule has 7 nitrogen and oxygen atoms in total. The van der Waals surface area contributed by atoms with Gasteiger partial charge in [0.2, 0.25) is 0 Å². The number of hydrogen-bond acceptors (Lipinski definition) is 5. The van der Waals surface area contributed by atoms with E-state index in [2.05, 4.69) is 20.4 Å². The van der Waals surface area contributed by atoms with E-state index in [1.807, 2.05) is 0 Å². The molecule has 0 bridgehead atoms. The maximum absolute atomic E-state index is 11.9. The zero-order valence-electron chi connectivity index (χ0n) is 12.4. The van der Waals surface area contributed by atoms with Gasteiger partial charge in [-0.15, -0.1) is 0 Å². The molecule has 2 N–H and O–H groups in total. The maximum Gasteiger partial charge on any atom is 0.339 e. The van der Waals surface area contributed by atoms with Crippen LogP contribution in [0.3, 0.4) is 0 Å². The van der Waals surface area contributed by atoms with Gasteiger partial charge in [-0.3, -0.25) is 14.6 Å². The number of aromatic nitrogens is 1. The monoisotopic (exact) mass is 313 g/mol. The van der Waals surface area contributed by atoms with Crippen molar-refractivity contribution in [3.8, 4) is 0 Å². The molecule has 0 aliphatic heterocycles. The Morgan fingerprint density at radius 1 is 1.04 bits per heavy atom. The summed E-state index contributed by atoms with van der Waals surface area (Å²) in [5.74, 6) is -2.30. The lowest BCUT2D eigenvalue weighted by atomic mass is 10.2. The predicted octanol–water partition coefficient (Wildman–Crippen LogP) is 1.12. The fourth-order valence-electron chi connectivity index (χ4n) is 1.81. The number of esters is 1. The molecule has 0 aliphatic rings. The van der Waals surface area contributed by atoms with Gasteiger partial charge in [-0.2, -0.15) is 0 Å². The third-order valence-electron chi connectivity index (χ3n) is 2.94. The van der Waals surface area contributed by atoms with E-state index in [0.29, 0.717) is 5.69 Å². The van der Waals surface area contributed by atoms with Gasteiger partial charge < -0.3 is 15.4 Å². The van der Waals surface area contributed by atoms with Gasteiger partial charge in [0, 0.05) is 6.20 Å². The lowest BCUT2D eigenvalue weighted by Crippen LogP contribution is -2.35. The quantitative estimate of drug-likeness (QED) is 0.651. The average Bonchev–Trinajstić information content (AvgIpc) is 2.60. The number of nitrogens with one attached hydrogen (secondary N) is 2. The lowest BCUT2D eigenvalue weighted by molar-refractivity contribution is -0.136. The number of carbonyl (C=O) groups excluding carboxylic acids is 3. The molecule has 2 aromatic rings. The first-order chi connectivity index (χ1) is 11.1. The number of benzene rings is 1. The van der Waals surface area contributed by atoms with E-state index >= 15 is 0 Å². The Balaban J connectivity index is 1.99. The SMILES string of the molecule is COC(=O)c1ccccc1NC(=O)C(=O)NCc1ccccn1. The summed E-state index contributed by atoms with van der Waals surface area (Å²) in [4.78, 5) is 39.4. The van der Waals surface area contributed by atoms with Gasteiger partial charge in [0.25, 0.3) is 0 Å². The van der Waals surface area contributed by atoms with Crippen LogP contribution in [0.25, 0.3) is 0 Å². The molecule has 0 atom stereocenters. The Morgan fingerprint density at radius 2 is 1.78 bits per heavy atom. The van der Waals surface area contributed by atoms with Crippen LogP contribution in [0.2, 0.25) is 0 Å². The second-order valence-corrected chi connectivity index (χ2v) is 4.50. The second-order valence-electron chi connectivity index (χ2n) is 4.50. The van der Waals surface area contributed by atoms with Crippen LogP contribution in [0.1, 0.15) is 16.1 Å². The topological polar surface area (TPSA) is 97.4 Å². The molecular weight excluding hydrogens is 298 g/mol. The van der Waals surface area contributed by atoms with Crippen LogP contribution in [-0.4, -0.2) is 29.9 Å². The number of anilines is 1. The Hall–Kier alpha value is -3.22. The summed E-state index contributed by atoms with van der Waals surface area (Å²) in [5, 5.41) is 4.84. The van der Waals surface area contributed by atoms with Gasteiger partial charge in [0.15, 0.2) is 0 Å². The molecule has 0 unspecified atom stereocenters. The molecule has 0 saturated carbocycles. The van der Waals surface area contributed by atoms with E-state index in [0.717, 1.165) is 0 Å². The number of ether oxygens (including phenoxy) is 1. The van der Waals surface area contributed by atoms with Crippen molar-refractivity contribution < 1.29 is 19.1 Å². The van der Waals surface area contributed by atoms with Crippen molar-refractivity contribution in [2.24, 2.45) is 0 Å². The van der Waals surface area contributed by atoms with Crippen molar-refractivity contribution >= 4 is 23.5 Å². The molecule has 1 heterocycles. The summed E-state index contributed by atoms with van der Waals surface area (Å²) >= 11 is 0. The van der Waals surface area contributed by atoms with Crippen molar-refractivity contribution in [1.29, 1.82) is 0 Å². The molecule has 7 heteroatoms. The second kappa shape index (κ2) is 7.69. The highest BCUT2D eigenvalue weighted by Crippen LogP contribution is 2.15. The molecule has 2 amide bonds. The minimum Gasteiger partial charge on any atom is -0.465 e. The van der Waals surface area contributed by atoms with E-state index < -0.39 is 17.8 Å². The largest absolute Gasteiger partial charge is 0.465 e. The van der Waals surface area contributed by atoms with Crippen molar-refractivity contribution in [3.05, 3.63) is 59.9 Å². The van der Waals surface area contributed by atoms with Crippen molar-refractivity contribution in [2.75, 3.05) is 12.4 Å². The first-order valence-electron chi connectivity index (χ1n) is 6.78. The first kappa shape index (κ1) is 16.2. The van der Waals surface area contributed by atoms with E-state index in [-0.39, 0.29) is 17.8 Å². The van der Waals surface area contributed by atoms with Crippen LogP contribution >= 0.6 is 0 Å². The standard InChI is InChI=1S/C16H15N3O4/c1-23-16(22)12-7-2-3-8-13(12)19-15(21)14(20)18-10-11-6-4-5-9-17-11/h2-9H,10H2,1H3,(H,18,20)(H,19,21). The van der Waals surface area contributed by atoms with Crippen molar-refractivity contribution in [2.45, 2.75) is 6.54 Å². The zero-order valence-corrected chi connectivity index (χ0v) is 12.4. The average molecular weight is 313 g/mol. The van der Waals surface area contributed by atoms with Crippen molar-refractivity contribution in [1.82, 2.24) is 10.3 Å². The molecule has 2 rings (SSSR count). The van der Waals surface area contributed by atoms with E-state index in [1.165, 1.54) is 19.2 Å². The molecule has 0 saturated heterocycles. The summed E-state index contributed by atoms with van der Waals surface area (Å²) in [6, 6.07) is 11.5. The van der Waals surface area contributed by atoms with Gasteiger partial charge in [-0.1, -0.05) is 18.2 Å². The molecule has 0 spiro atoms. The van der Waals surface area contributed by atoms with E-state index in [4.69, 9.17) is 0 Å². The Labute approximate surface area is 132 Å². The van der Waals surface area contributed by atoms with Crippen LogP contribution < -0.4 is 10.6 Å². The molecule has 118 valence electrons. The molecular formula is C16H15N3O4. The zero-order chi connectivity index (χ0) is 16.7. The summed E-state index contributed by atoms with van der Waals surface area (Å²) in [5.41, 5.74) is 1.00. The molecule has 0 aliphatic carbocycles. The normalized spacial score (nSPS) is 9.78. The minimum atomic E-state index is -0.878. The Kier molecular flexibility index (Phi) is 5.40. The van der Waals surface area contributed by atoms with Gasteiger partial charge in [-0.25, -0.2) is 4.79 Å². The number of hydrogen-bond donors (Lipinski definition) is 2. The maximum atomic E-state index is 11.9. The van der Waals surface area contributed by atoms with Crippen LogP contribution in [0.15, 0.2) is 48.7 Å². The minimum absolute atomic E-state index is 0.131. The number of carbonyl (C=O) groups is 3. The molecule has 0 radical (unpaired) electrons. The Bertz CT molecular complexity index is 716. The smallest absolute Gasteiger partial charge is 0.339 e. The fraction of sp³-hybridized carbons (Fsp3) is 0.125. The van der Waals surface area contributed by atoms with E-state index in [1.54, 1.807) is 36.5 Å². The Morgan fingerprint density at radius 3 is 2.48 bits per heavy atom. The van der Waals surface area contributed by atoms with Crippen LogP contribution in [0, 0.1) is 0 Å². The molecule has 23 heavy (non-hydrogen) atoms. The fourth-order valence-corrected chi connectivity index (χ4v) is 1.81. The third kappa shape index (κ3) is 4.37. The number of para-hydroxylation sites is 1. The highest BCUT2D eigenvalue weighted by molar-refractivity contribution is 6.39. The van der Waals surface area contributed by atoms with Gasteiger partial charge >= 0.3 is 17.8 Å². The highest BCUT2D eigenvalue weighted by Gasteiger charge is 2.17. The van der Waals surface area contributed by atoms with Crippen LogP contribution in [0.4, 0.5) is 5.69 Å². The number of amides is 2. The number of pyridine rings is 1. The van der Waals surface area contributed by atoms with Gasteiger partial charge in [0.1, 0.15) is 0 Å². The summed E-state index contributed by atoms with van der Waals surface area (Å²) < 4.78 is 4.63. The number of methoxy groups -OCH3 is 1. The molecule has 1 aromatic heterocycles. The first-order valence-corrected chi connectivity index (χ1v) is 6.78. The van der Waals surface area contributed by atoms with Crippen LogP contribution in [0.5, 0.6) is 0 Å². The predicted molar refractivity (Wildman–Crippen MR) is 82.5 cm³/mol. The van der Waals surface area contributed by atoms with Gasteiger partial charge in [-0.05, 0) is 24.3 Å². The summed E-state index contributed by atoms with van der Waals surface area (Å²) in [7, 11) is 1.24. The highest BCUT2D eigenvalue weighted by atomic mass is 16.5. The molecule has 0 fully saturated rings. The van der Waals surface area contributed by atoms with Crippen molar-refractivity contribution in [3.63, 3.8) is 0 Å². The lowest BCUT2D eigenvalue weighted by Gasteiger charge is -2.09. The number of nitrogens with zero attached hydrogens (tertiary/aromatic N) is 1. The molecule has 1 aromatic carbocycles.